The monoisotopic (exact) mass is 368 g/mol. The summed E-state index contributed by atoms with van der Waals surface area (Å²) in [5.41, 5.74) is 4.76. The molecule has 0 aromatic carbocycles. The van der Waals surface area contributed by atoms with Gasteiger partial charge in [0.25, 0.3) is 0 Å². The van der Waals surface area contributed by atoms with Crippen molar-refractivity contribution in [2.75, 3.05) is 0 Å². The highest BCUT2D eigenvalue weighted by Gasteiger charge is 2.56. The molecule has 3 saturated carbocycles. The number of fused-ring (bicyclic) bond motifs is 5. The zero-order chi connectivity index (χ0) is 19.2. The maximum atomic E-state index is 2.69. The fraction of sp³-hybridized carbons (Fsp3) is 0.852. The number of hydrogen-bond donors (Lipinski definition) is 0. The summed E-state index contributed by atoms with van der Waals surface area (Å²) >= 11 is 0. The lowest BCUT2D eigenvalue weighted by atomic mass is 9.50. The second-order valence-corrected chi connectivity index (χ2v) is 11.6. The number of rotatable bonds is 5. The Hall–Kier alpha value is -0.520. The van der Waals surface area contributed by atoms with E-state index in [2.05, 4.69) is 46.8 Å². The van der Waals surface area contributed by atoms with Crippen LogP contribution < -0.4 is 0 Å². The maximum absolute atomic E-state index is 2.69. The van der Waals surface area contributed by atoms with Crippen LogP contribution in [0.5, 0.6) is 0 Å². The van der Waals surface area contributed by atoms with E-state index in [0.717, 1.165) is 29.6 Å². The average Bonchev–Trinajstić information content (AvgIpc) is 2.98. The molecule has 0 heterocycles. The van der Waals surface area contributed by atoms with Gasteiger partial charge in [0, 0.05) is 0 Å². The number of allylic oxidation sites excluding steroid dienone is 4. The molecule has 0 amide bonds. The molecule has 0 aliphatic heterocycles. The van der Waals surface area contributed by atoms with E-state index < -0.39 is 0 Å². The molecular formula is C27H44. The van der Waals surface area contributed by atoms with Crippen molar-refractivity contribution in [2.45, 2.75) is 105 Å². The summed E-state index contributed by atoms with van der Waals surface area (Å²) < 4.78 is 0. The van der Waals surface area contributed by atoms with Crippen molar-refractivity contribution in [3.63, 3.8) is 0 Å². The molecule has 0 unspecified atom stereocenters. The molecule has 4 aliphatic carbocycles. The van der Waals surface area contributed by atoms with Crippen molar-refractivity contribution in [3.8, 4) is 0 Å². The Morgan fingerprint density at radius 1 is 0.926 bits per heavy atom. The van der Waals surface area contributed by atoms with E-state index >= 15 is 0 Å². The Balaban J connectivity index is 1.52. The average molecular weight is 369 g/mol. The van der Waals surface area contributed by atoms with Gasteiger partial charge in [-0.15, -0.1) is 0 Å². The molecule has 0 radical (unpaired) electrons. The molecule has 0 aromatic heterocycles. The molecule has 4 rings (SSSR count). The van der Waals surface area contributed by atoms with Gasteiger partial charge in [0.05, 0.1) is 0 Å². The van der Waals surface area contributed by atoms with Crippen molar-refractivity contribution >= 4 is 0 Å². The lowest BCUT2D eigenvalue weighted by molar-refractivity contribution is 0.0477. The van der Waals surface area contributed by atoms with E-state index in [-0.39, 0.29) is 0 Å². The Morgan fingerprint density at radius 3 is 2.52 bits per heavy atom. The zero-order valence-corrected chi connectivity index (χ0v) is 18.8. The third-order valence-corrected chi connectivity index (χ3v) is 9.69. The smallest absolute Gasteiger partial charge is 0.00476 e. The lowest BCUT2D eigenvalue weighted by Crippen LogP contribution is -2.45. The summed E-state index contributed by atoms with van der Waals surface area (Å²) in [7, 11) is 0. The van der Waals surface area contributed by atoms with Crippen LogP contribution in [0.1, 0.15) is 105 Å². The molecular weight excluding hydrogens is 324 g/mol. The predicted octanol–water partition coefficient (Wildman–Crippen LogP) is 8.34. The first-order valence-electron chi connectivity index (χ1n) is 12.3. The van der Waals surface area contributed by atoms with Crippen molar-refractivity contribution in [1.29, 1.82) is 0 Å². The molecule has 0 heteroatoms. The largest absolute Gasteiger partial charge is 0.0637 e. The van der Waals surface area contributed by atoms with Crippen LogP contribution in [0.15, 0.2) is 23.3 Å². The highest BCUT2D eigenvalue weighted by atomic mass is 14.6. The van der Waals surface area contributed by atoms with Gasteiger partial charge in [-0.05, 0) is 85.4 Å². The molecule has 27 heavy (non-hydrogen) atoms. The van der Waals surface area contributed by atoms with Gasteiger partial charge in [-0.3, -0.25) is 0 Å². The van der Waals surface area contributed by atoms with Crippen LogP contribution in [0.2, 0.25) is 0 Å². The van der Waals surface area contributed by atoms with Gasteiger partial charge in [-0.25, -0.2) is 0 Å². The molecule has 0 spiro atoms. The van der Waals surface area contributed by atoms with Gasteiger partial charge < -0.3 is 0 Å². The topological polar surface area (TPSA) is 0 Å². The van der Waals surface area contributed by atoms with E-state index in [9.17, 15) is 0 Å². The summed E-state index contributed by atoms with van der Waals surface area (Å²) in [5.74, 6) is 4.48. The Bertz CT molecular complexity index is 608. The van der Waals surface area contributed by atoms with Crippen molar-refractivity contribution in [3.05, 3.63) is 23.3 Å². The van der Waals surface area contributed by atoms with E-state index in [0.29, 0.717) is 10.8 Å². The third kappa shape index (κ3) is 3.28. The fourth-order valence-electron chi connectivity index (χ4n) is 8.06. The van der Waals surface area contributed by atoms with Gasteiger partial charge in [0.15, 0.2) is 0 Å². The molecule has 0 aromatic rings. The Labute approximate surface area is 169 Å². The van der Waals surface area contributed by atoms with E-state index in [1.165, 1.54) is 70.6 Å². The van der Waals surface area contributed by atoms with Crippen molar-refractivity contribution in [2.24, 2.45) is 40.4 Å². The van der Waals surface area contributed by atoms with Gasteiger partial charge in [0.1, 0.15) is 0 Å². The first kappa shape index (κ1) is 19.8. The summed E-state index contributed by atoms with van der Waals surface area (Å²) in [6.07, 6.45) is 21.1. The van der Waals surface area contributed by atoms with E-state index in [1.54, 1.807) is 5.57 Å². The van der Waals surface area contributed by atoms with E-state index in [1.807, 2.05) is 5.57 Å². The minimum atomic E-state index is 0.505. The van der Waals surface area contributed by atoms with Gasteiger partial charge in [-0.1, -0.05) is 83.6 Å². The lowest BCUT2D eigenvalue weighted by Gasteiger charge is -2.54. The molecule has 0 N–H and O–H groups in total. The second-order valence-electron chi connectivity index (χ2n) is 11.6. The van der Waals surface area contributed by atoms with Crippen molar-refractivity contribution < 1.29 is 0 Å². The SMILES string of the molecule is CC(C)CCC[C@@H](C)[C@H]1CC[C@H]2C3=CC=C4CCCC[C@]4(C)[C@H]3CC[C@]12C. The predicted molar refractivity (Wildman–Crippen MR) is 118 cm³/mol. The van der Waals surface area contributed by atoms with Gasteiger partial charge in [-0.2, -0.15) is 0 Å². The van der Waals surface area contributed by atoms with Crippen LogP contribution in [-0.4, -0.2) is 0 Å². The van der Waals surface area contributed by atoms with Crippen molar-refractivity contribution in [1.82, 2.24) is 0 Å². The summed E-state index contributed by atoms with van der Waals surface area (Å²) in [6, 6.07) is 0. The van der Waals surface area contributed by atoms with Crippen LogP contribution in [-0.2, 0) is 0 Å². The first-order valence-corrected chi connectivity index (χ1v) is 12.3. The van der Waals surface area contributed by atoms with E-state index in [4.69, 9.17) is 0 Å². The minimum Gasteiger partial charge on any atom is -0.0637 e. The molecule has 4 aliphatic rings. The molecule has 0 saturated heterocycles. The number of hydrogen-bond acceptors (Lipinski definition) is 0. The van der Waals surface area contributed by atoms with Crippen LogP contribution in [0, 0.1) is 40.4 Å². The Morgan fingerprint density at radius 2 is 1.74 bits per heavy atom. The molecule has 0 nitrogen and oxygen atoms in total. The highest BCUT2D eigenvalue weighted by Crippen LogP contribution is 2.66. The molecule has 6 atom stereocenters. The third-order valence-electron chi connectivity index (χ3n) is 9.69. The van der Waals surface area contributed by atoms with Crippen LogP contribution in [0.4, 0.5) is 0 Å². The standard InChI is InChI=1S/C27H44/c1-19(2)9-8-10-20(3)23-14-15-24-22-13-12-21-11-6-7-17-26(21,4)25(22)16-18-27(23,24)5/h12-13,19-20,23-25H,6-11,14-18H2,1-5H3/t20-,23-,24+,25+,26+,27-/m1/s1. The maximum Gasteiger partial charge on any atom is -0.00476 e. The highest BCUT2D eigenvalue weighted by molar-refractivity contribution is 5.38. The normalized spacial score (nSPS) is 42.1. The van der Waals surface area contributed by atoms with Crippen LogP contribution >= 0.6 is 0 Å². The second kappa shape index (κ2) is 7.38. The molecule has 0 bridgehead atoms. The van der Waals surface area contributed by atoms with Crippen LogP contribution in [0.25, 0.3) is 0 Å². The fourth-order valence-corrected chi connectivity index (χ4v) is 8.06. The quantitative estimate of drug-likeness (QED) is 0.457. The summed E-state index contributed by atoms with van der Waals surface area (Å²) in [4.78, 5) is 0. The molecule has 152 valence electrons. The Kier molecular flexibility index (Phi) is 5.41. The summed E-state index contributed by atoms with van der Waals surface area (Å²) in [5, 5.41) is 0. The van der Waals surface area contributed by atoms with Gasteiger partial charge >= 0.3 is 0 Å². The molecule has 3 fully saturated rings. The zero-order valence-electron chi connectivity index (χ0n) is 18.8. The minimum absolute atomic E-state index is 0.505. The first-order chi connectivity index (χ1) is 12.9. The van der Waals surface area contributed by atoms with Gasteiger partial charge in [0.2, 0.25) is 0 Å². The van der Waals surface area contributed by atoms with Crippen LogP contribution in [0.3, 0.4) is 0 Å². The summed E-state index contributed by atoms with van der Waals surface area (Å²) in [6.45, 7) is 12.7.